The highest BCUT2D eigenvalue weighted by Crippen LogP contribution is 2.32. The molecule has 2 rings (SSSR count). The molecule has 1 aliphatic rings. The summed E-state index contributed by atoms with van der Waals surface area (Å²) < 4.78 is 26.9. The lowest BCUT2D eigenvalue weighted by molar-refractivity contribution is -0.134. The Morgan fingerprint density at radius 3 is 2.92 bits per heavy atom. The molecule has 2 atom stereocenters. The number of carbonyl (C=O) groups excluding carboxylic acids is 2. The lowest BCUT2D eigenvalue weighted by atomic mass is 10.1. The van der Waals surface area contributed by atoms with Crippen molar-refractivity contribution in [2.45, 2.75) is 44.7 Å². The van der Waals surface area contributed by atoms with Crippen LogP contribution in [-0.2, 0) is 11.2 Å². The van der Waals surface area contributed by atoms with Gasteiger partial charge in [-0.25, -0.2) is 8.78 Å². The minimum absolute atomic E-state index is 0.338. The van der Waals surface area contributed by atoms with Crippen LogP contribution < -0.4 is 5.32 Å². The quantitative estimate of drug-likeness (QED) is 0.903. The van der Waals surface area contributed by atoms with Gasteiger partial charge in [0.05, 0.1) is 12.6 Å². The number of aromatic nitrogens is 1. The third kappa shape index (κ3) is 3.85. The molecule has 8 heteroatoms. The van der Waals surface area contributed by atoms with Gasteiger partial charge in [-0.05, 0) is 25.5 Å². The standard InChI is InChI=1S/C16H18F2N4O2/c1-3-12-6-11(4-5-20-12)14(23)21-10(2)15(24)22-9-16(17,18)7-13(22)8-19/h4-6,10,13H,3,7,9H2,1-2H3,(H,21,23)/t10-,13-/m0/s1. The summed E-state index contributed by atoms with van der Waals surface area (Å²) in [6.45, 7) is 2.50. The third-order valence-electron chi connectivity index (χ3n) is 3.86. The van der Waals surface area contributed by atoms with Crippen LogP contribution in [0, 0.1) is 11.3 Å². The fraction of sp³-hybridized carbons (Fsp3) is 0.500. The summed E-state index contributed by atoms with van der Waals surface area (Å²) in [5, 5.41) is 11.4. The number of rotatable bonds is 4. The summed E-state index contributed by atoms with van der Waals surface area (Å²) >= 11 is 0. The molecule has 2 amide bonds. The van der Waals surface area contributed by atoms with Gasteiger partial charge >= 0.3 is 0 Å². The molecule has 1 aromatic heterocycles. The van der Waals surface area contributed by atoms with Gasteiger partial charge in [-0.15, -0.1) is 0 Å². The van der Waals surface area contributed by atoms with Gasteiger partial charge in [0.1, 0.15) is 12.1 Å². The monoisotopic (exact) mass is 336 g/mol. The van der Waals surface area contributed by atoms with Crippen molar-refractivity contribution in [3.63, 3.8) is 0 Å². The first-order valence-electron chi connectivity index (χ1n) is 7.61. The van der Waals surface area contributed by atoms with E-state index in [1.54, 1.807) is 12.1 Å². The van der Waals surface area contributed by atoms with Gasteiger partial charge in [0.15, 0.2) is 0 Å². The molecule has 0 bridgehead atoms. The van der Waals surface area contributed by atoms with Crippen LogP contribution in [-0.4, -0.2) is 46.2 Å². The van der Waals surface area contributed by atoms with Gasteiger partial charge in [0.2, 0.25) is 5.91 Å². The van der Waals surface area contributed by atoms with E-state index in [1.165, 1.54) is 19.2 Å². The van der Waals surface area contributed by atoms with Crippen LogP contribution >= 0.6 is 0 Å². The van der Waals surface area contributed by atoms with E-state index in [-0.39, 0.29) is 0 Å². The van der Waals surface area contributed by atoms with Crippen LogP contribution in [0.2, 0.25) is 0 Å². The number of nitrogens with one attached hydrogen (secondary N) is 1. The number of amides is 2. The van der Waals surface area contributed by atoms with Gasteiger partial charge in [0.25, 0.3) is 11.8 Å². The minimum atomic E-state index is -3.08. The largest absolute Gasteiger partial charge is 0.341 e. The van der Waals surface area contributed by atoms with E-state index >= 15 is 0 Å². The maximum atomic E-state index is 13.4. The number of likely N-dealkylation sites (tertiary alicyclic amines) is 1. The molecule has 1 aliphatic heterocycles. The van der Waals surface area contributed by atoms with Crippen LogP contribution in [0.1, 0.15) is 36.3 Å². The number of halogens is 2. The van der Waals surface area contributed by atoms with Gasteiger partial charge < -0.3 is 10.2 Å². The SMILES string of the molecule is CCc1cc(C(=O)N[C@@H](C)C(=O)N2CC(F)(F)C[C@H]2C#N)ccn1. The fourth-order valence-electron chi connectivity index (χ4n) is 2.57. The molecule has 0 aliphatic carbocycles. The normalized spacial score (nSPS) is 20.3. The van der Waals surface area contributed by atoms with E-state index in [4.69, 9.17) is 5.26 Å². The average Bonchev–Trinajstić information content (AvgIpc) is 2.88. The third-order valence-corrected chi connectivity index (χ3v) is 3.86. The van der Waals surface area contributed by atoms with Crippen LogP contribution in [0.4, 0.5) is 8.78 Å². The number of nitriles is 1. The number of aryl methyl sites for hydroxylation is 1. The second-order valence-electron chi connectivity index (χ2n) is 5.76. The molecular weight excluding hydrogens is 318 g/mol. The zero-order chi connectivity index (χ0) is 17.9. The highest BCUT2D eigenvalue weighted by Gasteiger charge is 2.48. The molecule has 0 radical (unpaired) electrons. The van der Waals surface area contributed by atoms with Crippen molar-refractivity contribution in [3.8, 4) is 6.07 Å². The van der Waals surface area contributed by atoms with E-state index in [0.717, 1.165) is 10.6 Å². The lowest BCUT2D eigenvalue weighted by Gasteiger charge is -2.23. The summed E-state index contributed by atoms with van der Waals surface area (Å²) in [5.74, 6) is -4.27. The molecule has 1 saturated heterocycles. The predicted molar refractivity (Wildman–Crippen MR) is 81.2 cm³/mol. The van der Waals surface area contributed by atoms with Crippen molar-refractivity contribution in [2.75, 3.05) is 6.54 Å². The molecule has 6 nitrogen and oxygen atoms in total. The Morgan fingerprint density at radius 2 is 2.29 bits per heavy atom. The summed E-state index contributed by atoms with van der Waals surface area (Å²) in [6.07, 6.45) is 1.47. The van der Waals surface area contributed by atoms with Crippen molar-refractivity contribution >= 4 is 11.8 Å². The van der Waals surface area contributed by atoms with Crippen molar-refractivity contribution in [1.82, 2.24) is 15.2 Å². The molecule has 24 heavy (non-hydrogen) atoms. The number of nitrogens with zero attached hydrogens (tertiary/aromatic N) is 3. The second kappa shape index (κ2) is 6.91. The predicted octanol–water partition coefficient (Wildman–Crippen LogP) is 1.52. The second-order valence-corrected chi connectivity index (χ2v) is 5.76. The Bertz CT molecular complexity index is 687. The van der Waals surface area contributed by atoms with E-state index in [1.807, 2.05) is 6.92 Å². The Labute approximate surface area is 138 Å². The van der Waals surface area contributed by atoms with Crippen LogP contribution in [0.15, 0.2) is 18.3 Å². The lowest BCUT2D eigenvalue weighted by Crippen LogP contribution is -2.48. The fourth-order valence-corrected chi connectivity index (χ4v) is 2.57. The smallest absolute Gasteiger partial charge is 0.268 e. The van der Waals surface area contributed by atoms with Crippen molar-refractivity contribution in [1.29, 1.82) is 5.26 Å². The van der Waals surface area contributed by atoms with Gasteiger partial charge in [0, 0.05) is 23.9 Å². The Hall–Kier alpha value is -2.56. The Kier molecular flexibility index (Phi) is 5.12. The Morgan fingerprint density at radius 1 is 1.58 bits per heavy atom. The number of carbonyl (C=O) groups is 2. The van der Waals surface area contributed by atoms with Gasteiger partial charge in [-0.2, -0.15) is 5.26 Å². The molecule has 1 N–H and O–H groups in total. The Balaban J connectivity index is 2.06. The van der Waals surface area contributed by atoms with Crippen LogP contribution in [0.3, 0.4) is 0 Å². The molecule has 1 fully saturated rings. The maximum Gasteiger partial charge on any atom is 0.268 e. The molecule has 0 spiro atoms. The topological polar surface area (TPSA) is 86.1 Å². The molecule has 2 heterocycles. The number of hydrogen-bond acceptors (Lipinski definition) is 4. The summed E-state index contributed by atoms with van der Waals surface area (Å²) in [7, 11) is 0. The summed E-state index contributed by atoms with van der Waals surface area (Å²) in [5.41, 5.74) is 1.07. The average molecular weight is 336 g/mol. The van der Waals surface area contributed by atoms with Crippen molar-refractivity contribution < 1.29 is 18.4 Å². The molecule has 1 aromatic rings. The maximum absolute atomic E-state index is 13.4. The van der Waals surface area contributed by atoms with E-state index in [0.29, 0.717) is 12.0 Å². The number of alkyl halides is 2. The van der Waals surface area contributed by atoms with Crippen LogP contribution in [0.25, 0.3) is 0 Å². The van der Waals surface area contributed by atoms with Crippen molar-refractivity contribution in [3.05, 3.63) is 29.6 Å². The van der Waals surface area contributed by atoms with E-state index in [9.17, 15) is 18.4 Å². The molecular formula is C16H18F2N4O2. The van der Waals surface area contributed by atoms with Crippen LogP contribution in [0.5, 0.6) is 0 Å². The molecule has 0 saturated carbocycles. The zero-order valence-corrected chi connectivity index (χ0v) is 13.4. The zero-order valence-electron chi connectivity index (χ0n) is 13.4. The first-order valence-corrected chi connectivity index (χ1v) is 7.61. The minimum Gasteiger partial charge on any atom is -0.341 e. The number of pyridine rings is 1. The first kappa shape index (κ1) is 17.8. The van der Waals surface area contributed by atoms with E-state index < -0.39 is 42.8 Å². The molecule has 0 aromatic carbocycles. The highest BCUT2D eigenvalue weighted by atomic mass is 19.3. The highest BCUT2D eigenvalue weighted by molar-refractivity contribution is 5.97. The molecule has 128 valence electrons. The van der Waals surface area contributed by atoms with Gasteiger partial charge in [-0.3, -0.25) is 14.6 Å². The van der Waals surface area contributed by atoms with Crippen molar-refractivity contribution in [2.24, 2.45) is 0 Å². The van der Waals surface area contributed by atoms with E-state index in [2.05, 4.69) is 10.3 Å². The van der Waals surface area contributed by atoms with Gasteiger partial charge in [-0.1, -0.05) is 6.92 Å². The summed E-state index contributed by atoms with van der Waals surface area (Å²) in [4.78, 5) is 29.4. The molecule has 0 unspecified atom stereocenters. The number of hydrogen-bond donors (Lipinski definition) is 1. The first-order chi connectivity index (χ1) is 11.3. The summed E-state index contributed by atoms with van der Waals surface area (Å²) in [6, 6.07) is 2.63.